The minimum Gasteiger partial charge on any atom is -0.373 e. The standard InChI is InChI=1S/C9H17N3O2.ClH/c1-10-6-9(13)12-2-3-14-8-5-11-4-7(8)12;/h7-8,10-11H,2-6H2,1H3;1H/t7-,8-;/m1./s1. The third-order valence-electron chi connectivity index (χ3n) is 2.84. The van der Waals surface area contributed by atoms with Gasteiger partial charge in [-0.3, -0.25) is 4.79 Å². The van der Waals surface area contributed by atoms with Gasteiger partial charge in [0.1, 0.15) is 0 Å². The summed E-state index contributed by atoms with van der Waals surface area (Å²) in [5.41, 5.74) is 0. The third-order valence-corrected chi connectivity index (χ3v) is 2.84. The van der Waals surface area contributed by atoms with Gasteiger partial charge in [0.05, 0.1) is 25.3 Å². The molecule has 2 rings (SSSR count). The van der Waals surface area contributed by atoms with Crippen molar-refractivity contribution < 1.29 is 9.53 Å². The Morgan fingerprint density at radius 3 is 3.13 bits per heavy atom. The fourth-order valence-electron chi connectivity index (χ4n) is 2.15. The molecule has 15 heavy (non-hydrogen) atoms. The lowest BCUT2D eigenvalue weighted by Gasteiger charge is -2.36. The summed E-state index contributed by atoms with van der Waals surface area (Å²) in [5.74, 6) is 0.175. The number of hydrogen-bond acceptors (Lipinski definition) is 4. The lowest BCUT2D eigenvalue weighted by atomic mass is 10.1. The molecular formula is C9H18ClN3O2. The maximum absolute atomic E-state index is 11.7. The highest BCUT2D eigenvalue weighted by Gasteiger charge is 2.37. The summed E-state index contributed by atoms with van der Waals surface area (Å²) >= 11 is 0. The number of carbonyl (C=O) groups is 1. The van der Waals surface area contributed by atoms with Gasteiger partial charge in [0.25, 0.3) is 0 Å². The van der Waals surface area contributed by atoms with Crippen molar-refractivity contribution >= 4 is 18.3 Å². The number of hydrogen-bond donors (Lipinski definition) is 2. The zero-order valence-electron chi connectivity index (χ0n) is 8.86. The number of fused-ring (bicyclic) bond motifs is 1. The molecule has 2 atom stereocenters. The van der Waals surface area contributed by atoms with Crippen LogP contribution in [0.2, 0.25) is 0 Å². The van der Waals surface area contributed by atoms with Crippen LogP contribution in [0.5, 0.6) is 0 Å². The summed E-state index contributed by atoms with van der Waals surface area (Å²) in [6.07, 6.45) is 0.199. The molecule has 0 bridgehead atoms. The van der Waals surface area contributed by atoms with Crippen LogP contribution in [0.25, 0.3) is 0 Å². The second-order valence-electron chi connectivity index (χ2n) is 3.75. The first-order valence-electron chi connectivity index (χ1n) is 5.09. The van der Waals surface area contributed by atoms with Crippen molar-refractivity contribution in [3.05, 3.63) is 0 Å². The number of rotatable bonds is 2. The van der Waals surface area contributed by atoms with Gasteiger partial charge >= 0.3 is 0 Å². The van der Waals surface area contributed by atoms with E-state index in [1.54, 1.807) is 7.05 Å². The molecule has 0 unspecified atom stereocenters. The second-order valence-corrected chi connectivity index (χ2v) is 3.75. The second kappa shape index (κ2) is 5.65. The summed E-state index contributed by atoms with van der Waals surface area (Å²) in [7, 11) is 1.79. The lowest BCUT2D eigenvalue weighted by molar-refractivity contribution is -0.141. The lowest BCUT2D eigenvalue weighted by Crippen LogP contribution is -2.54. The molecule has 88 valence electrons. The number of amides is 1. The normalized spacial score (nSPS) is 29.5. The largest absolute Gasteiger partial charge is 0.373 e. The van der Waals surface area contributed by atoms with Gasteiger partial charge in [-0.1, -0.05) is 0 Å². The molecule has 0 aromatic rings. The van der Waals surface area contributed by atoms with Gasteiger partial charge in [0.15, 0.2) is 0 Å². The van der Waals surface area contributed by atoms with E-state index in [4.69, 9.17) is 4.74 Å². The first-order valence-corrected chi connectivity index (χ1v) is 5.09. The molecule has 2 fully saturated rings. The number of morpholine rings is 1. The van der Waals surface area contributed by atoms with Crippen LogP contribution < -0.4 is 10.6 Å². The number of halogens is 1. The third kappa shape index (κ3) is 2.60. The fraction of sp³-hybridized carbons (Fsp3) is 0.889. The molecule has 0 aromatic carbocycles. The van der Waals surface area contributed by atoms with Gasteiger partial charge in [-0.25, -0.2) is 0 Å². The van der Waals surface area contributed by atoms with Crippen LogP contribution in [-0.2, 0) is 9.53 Å². The smallest absolute Gasteiger partial charge is 0.236 e. The Morgan fingerprint density at radius 2 is 2.40 bits per heavy atom. The van der Waals surface area contributed by atoms with E-state index in [9.17, 15) is 4.79 Å². The Morgan fingerprint density at radius 1 is 1.60 bits per heavy atom. The zero-order valence-corrected chi connectivity index (χ0v) is 9.68. The number of nitrogens with zero attached hydrogens (tertiary/aromatic N) is 1. The Hall–Kier alpha value is -0.360. The predicted molar refractivity (Wildman–Crippen MR) is 59.3 cm³/mol. The van der Waals surface area contributed by atoms with Crippen molar-refractivity contribution in [1.29, 1.82) is 0 Å². The van der Waals surface area contributed by atoms with Crippen molar-refractivity contribution in [3.63, 3.8) is 0 Å². The SMILES string of the molecule is CNCC(=O)N1CCO[C@@H]2CNC[C@H]21.Cl. The molecule has 0 radical (unpaired) electrons. The van der Waals surface area contributed by atoms with Gasteiger partial charge in [0.2, 0.25) is 5.91 Å². The maximum Gasteiger partial charge on any atom is 0.236 e. The molecule has 2 aliphatic rings. The van der Waals surface area contributed by atoms with E-state index < -0.39 is 0 Å². The van der Waals surface area contributed by atoms with Crippen molar-refractivity contribution in [3.8, 4) is 0 Å². The molecule has 0 saturated carbocycles. The monoisotopic (exact) mass is 235 g/mol. The van der Waals surface area contributed by atoms with Crippen LogP contribution in [0.15, 0.2) is 0 Å². The van der Waals surface area contributed by atoms with Crippen LogP contribution in [0.3, 0.4) is 0 Å². The van der Waals surface area contributed by atoms with Gasteiger partial charge in [-0.2, -0.15) is 0 Å². The quantitative estimate of drug-likeness (QED) is 0.633. The molecule has 6 heteroatoms. The first kappa shape index (κ1) is 12.7. The summed E-state index contributed by atoms with van der Waals surface area (Å²) in [5, 5.41) is 6.14. The van der Waals surface area contributed by atoms with E-state index in [1.807, 2.05) is 4.90 Å². The number of nitrogens with one attached hydrogen (secondary N) is 2. The van der Waals surface area contributed by atoms with Crippen molar-refractivity contribution in [2.24, 2.45) is 0 Å². The molecule has 2 heterocycles. The number of ether oxygens (including phenoxy) is 1. The van der Waals surface area contributed by atoms with Gasteiger partial charge in [0, 0.05) is 19.6 Å². The Balaban J connectivity index is 0.00000112. The van der Waals surface area contributed by atoms with E-state index >= 15 is 0 Å². The average molecular weight is 236 g/mol. The van der Waals surface area contributed by atoms with Gasteiger partial charge in [-0.05, 0) is 7.05 Å². The molecule has 2 N–H and O–H groups in total. The minimum absolute atomic E-state index is 0. The molecule has 0 aliphatic carbocycles. The highest BCUT2D eigenvalue weighted by atomic mass is 35.5. The number of likely N-dealkylation sites (N-methyl/N-ethyl adjacent to an activating group) is 1. The Labute approximate surface area is 95.9 Å². The molecule has 2 saturated heterocycles. The number of carbonyl (C=O) groups excluding carboxylic acids is 1. The highest BCUT2D eigenvalue weighted by molar-refractivity contribution is 5.85. The van der Waals surface area contributed by atoms with Gasteiger partial charge < -0.3 is 20.3 Å². The Kier molecular flexibility index (Phi) is 4.79. The van der Waals surface area contributed by atoms with Crippen LogP contribution in [0, 0.1) is 0 Å². The molecule has 0 spiro atoms. The van der Waals surface area contributed by atoms with E-state index in [0.29, 0.717) is 13.2 Å². The minimum atomic E-state index is 0. The van der Waals surface area contributed by atoms with Crippen LogP contribution in [-0.4, -0.2) is 62.8 Å². The van der Waals surface area contributed by atoms with Crippen molar-refractivity contribution in [1.82, 2.24) is 15.5 Å². The molecule has 1 amide bonds. The van der Waals surface area contributed by atoms with E-state index in [2.05, 4.69) is 10.6 Å². The topological polar surface area (TPSA) is 53.6 Å². The molecule has 5 nitrogen and oxygen atoms in total. The first-order chi connectivity index (χ1) is 6.83. The summed E-state index contributed by atoms with van der Waals surface area (Å²) in [6, 6.07) is 0.240. The summed E-state index contributed by atoms with van der Waals surface area (Å²) in [6.45, 7) is 3.54. The molecule has 2 aliphatic heterocycles. The molecular weight excluding hydrogens is 218 g/mol. The Bertz CT molecular complexity index is 227. The predicted octanol–water partition coefficient (Wildman–Crippen LogP) is -1.17. The fourth-order valence-corrected chi connectivity index (χ4v) is 2.15. The highest BCUT2D eigenvalue weighted by Crippen LogP contribution is 2.17. The van der Waals surface area contributed by atoms with Gasteiger partial charge in [-0.15, -0.1) is 12.4 Å². The average Bonchev–Trinajstić information content (AvgIpc) is 2.65. The summed E-state index contributed by atoms with van der Waals surface area (Å²) < 4.78 is 5.58. The van der Waals surface area contributed by atoms with E-state index in [1.165, 1.54) is 0 Å². The van der Waals surface area contributed by atoms with Crippen LogP contribution in [0.4, 0.5) is 0 Å². The van der Waals surface area contributed by atoms with Crippen LogP contribution in [0.1, 0.15) is 0 Å². The maximum atomic E-state index is 11.7. The molecule has 0 aromatic heterocycles. The van der Waals surface area contributed by atoms with E-state index in [0.717, 1.165) is 19.6 Å². The van der Waals surface area contributed by atoms with Crippen molar-refractivity contribution in [2.45, 2.75) is 12.1 Å². The zero-order chi connectivity index (χ0) is 9.97. The summed E-state index contributed by atoms with van der Waals surface area (Å²) in [4.78, 5) is 13.7. The van der Waals surface area contributed by atoms with E-state index in [-0.39, 0.29) is 30.5 Å². The van der Waals surface area contributed by atoms with Crippen molar-refractivity contribution in [2.75, 3.05) is 39.8 Å². The van der Waals surface area contributed by atoms with Crippen LogP contribution >= 0.6 is 12.4 Å².